The molecular weight excluding hydrogens is 646 g/mol. The highest BCUT2D eigenvalue weighted by Gasteiger charge is 2.36. The van der Waals surface area contributed by atoms with E-state index in [1.165, 1.54) is 17.0 Å². The molecule has 0 bridgehead atoms. The van der Waals surface area contributed by atoms with E-state index in [9.17, 15) is 18.0 Å². The van der Waals surface area contributed by atoms with Crippen molar-refractivity contribution in [3.05, 3.63) is 124 Å². The Morgan fingerprint density at radius 2 is 1.58 bits per heavy atom. The number of carbonyl (C=O) groups is 2. The van der Waals surface area contributed by atoms with Crippen LogP contribution in [-0.2, 0) is 32.6 Å². The van der Waals surface area contributed by atoms with E-state index in [0.717, 1.165) is 46.7 Å². The molecule has 1 aliphatic rings. The number of methoxy groups -OCH3 is 1. The number of hydrogen-bond donors (Lipinski definition) is 1. The lowest BCUT2D eigenvalue weighted by atomic mass is 10.0. The standard InChI is InChI=1S/C38H42ClN3O5S/c1-27-16-19-34(20-17-27)48(45,46)42(35-21-18-31(39)22-28(35)2)26-37(43)41(25-30-12-9-15-33(23-30)47-3)36(24-29-10-5-4-6-11-29)38(44)40-32-13-7-8-14-32/h4-6,9-12,15-23,32,36H,7-8,13-14,24-26H2,1-3H3,(H,40,44)/t36-/m1/s1. The van der Waals surface area contributed by atoms with Crippen LogP contribution in [0.5, 0.6) is 5.75 Å². The first kappa shape index (κ1) is 35.0. The van der Waals surface area contributed by atoms with Crippen LogP contribution in [0.15, 0.2) is 102 Å². The van der Waals surface area contributed by atoms with Crippen LogP contribution in [0.3, 0.4) is 0 Å². The third-order valence-electron chi connectivity index (χ3n) is 8.78. The minimum Gasteiger partial charge on any atom is -0.497 e. The number of anilines is 1. The maximum absolute atomic E-state index is 14.8. The van der Waals surface area contributed by atoms with Crippen molar-refractivity contribution in [3.8, 4) is 5.75 Å². The van der Waals surface area contributed by atoms with Crippen LogP contribution in [-0.4, -0.2) is 50.9 Å². The number of nitrogens with zero attached hydrogens (tertiary/aromatic N) is 2. The molecule has 0 aliphatic heterocycles. The second kappa shape index (κ2) is 15.7. The van der Waals surface area contributed by atoms with Crippen LogP contribution in [0.4, 0.5) is 5.69 Å². The molecule has 1 N–H and O–H groups in total. The fraction of sp³-hybridized carbons (Fsp3) is 0.316. The second-order valence-electron chi connectivity index (χ2n) is 12.3. The molecule has 10 heteroatoms. The Hall–Kier alpha value is -4.34. The molecule has 0 saturated heterocycles. The third kappa shape index (κ3) is 8.57. The molecule has 2 amide bonds. The van der Waals surface area contributed by atoms with Crippen molar-refractivity contribution in [3.63, 3.8) is 0 Å². The molecule has 0 aromatic heterocycles. The molecule has 252 valence electrons. The number of sulfonamides is 1. The van der Waals surface area contributed by atoms with Crippen LogP contribution in [0.25, 0.3) is 0 Å². The first-order chi connectivity index (χ1) is 23.0. The lowest BCUT2D eigenvalue weighted by molar-refractivity contribution is -0.140. The van der Waals surface area contributed by atoms with Gasteiger partial charge in [0.25, 0.3) is 10.0 Å². The normalized spacial score (nSPS) is 13.9. The molecule has 8 nitrogen and oxygen atoms in total. The molecule has 48 heavy (non-hydrogen) atoms. The predicted octanol–water partition coefficient (Wildman–Crippen LogP) is 6.86. The van der Waals surface area contributed by atoms with Gasteiger partial charge in [-0.2, -0.15) is 0 Å². The summed E-state index contributed by atoms with van der Waals surface area (Å²) in [7, 11) is -2.65. The molecule has 1 saturated carbocycles. The summed E-state index contributed by atoms with van der Waals surface area (Å²) >= 11 is 6.27. The van der Waals surface area contributed by atoms with Crippen molar-refractivity contribution in [2.24, 2.45) is 0 Å². The summed E-state index contributed by atoms with van der Waals surface area (Å²) in [5.41, 5.74) is 3.44. The highest BCUT2D eigenvalue weighted by atomic mass is 35.5. The zero-order valence-electron chi connectivity index (χ0n) is 27.6. The van der Waals surface area contributed by atoms with Gasteiger partial charge in [0.2, 0.25) is 11.8 Å². The van der Waals surface area contributed by atoms with Gasteiger partial charge >= 0.3 is 0 Å². The summed E-state index contributed by atoms with van der Waals surface area (Å²) in [5.74, 6) is -0.182. The van der Waals surface area contributed by atoms with E-state index in [2.05, 4.69) is 5.32 Å². The highest BCUT2D eigenvalue weighted by molar-refractivity contribution is 7.92. The van der Waals surface area contributed by atoms with Crippen molar-refractivity contribution in [2.45, 2.75) is 69.5 Å². The van der Waals surface area contributed by atoms with Crippen molar-refractivity contribution in [1.82, 2.24) is 10.2 Å². The van der Waals surface area contributed by atoms with Crippen molar-refractivity contribution < 1.29 is 22.7 Å². The van der Waals surface area contributed by atoms with E-state index < -0.39 is 28.5 Å². The fourth-order valence-electron chi connectivity index (χ4n) is 6.14. The molecule has 1 atom stereocenters. The van der Waals surface area contributed by atoms with Gasteiger partial charge < -0.3 is 15.0 Å². The highest BCUT2D eigenvalue weighted by Crippen LogP contribution is 2.30. The van der Waals surface area contributed by atoms with E-state index in [1.54, 1.807) is 44.4 Å². The summed E-state index contributed by atoms with van der Waals surface area (Å²) in [6, 6.07) is 27.4. The Morgan fingerprint density at radius 1 is 0.896 bits per heavy atom. The number of rotatable bonds is 13. The lowest BCUT2D eigenvalue weighted by Crippen LogP contribution is -2.54. The van der Waals surface area contributed by atoms with Crippen LogP contribution >= 0.6 is 11.6 Å². The first-order valence-electron chi connectivity index (χ1n) is 16.2. The van der Waals surface area contributed by atoms with Gasteiger partial charge in [0.05, 0.1) is 17.7 Å². The van der Waals surface area contributed by atoms with Gasteiger partial charge in [-0.15, -0.1) is 0 Å². The maximum Gasteiger partial charge on any atom is 0.264 e. The zero-order valence-corrected chi connectivity index (χ0v) is 29.1. The van der Waals surface area contributed by atoms with Crippen LogP contribution in [0.1, 0.15) is 47.9 Å². The molecule has 1 fully saturated rings. The Bertz CT molecular complexity index is 1830. The molecule has 5 rings (SSSR count). The number of ether oxygens (including phenoxy) is 1. The molecule has 0 spiro atoms. The van der Waals surface area contributed by atoms with Gasteiger partial charge in [0, 0.05) is 24.0 Å². The van der Waals surface area contributed by atoms with E-state index in [1.807, 2.05) is 61.5 Å². The SMILES string of the molecule is COc1cccc(CN(C(=O)CN(c2ccc(Cl)cc2C)S(=O)(=O)c2ccc(C)cc2)[C@H](Cc2ccccc2)C(=O)NC2CCCC2)c1. The molecule has 0 radical (unpaired) electrons. The lowest BCUT2D eigenvalue weighted by Gasteiger charge is -2.34. The average Bonchev–Trinajstić information content (AvgIpc) is 3.59. The molecule has 0 unspecified atom stereocenters. The van der Waals surface area contributed by atoms with Gasteiger partial charge in [-0.05, 0) is 85.8 Å². The fourth-order valence-corrected chi connectivity index (χ4v) is 7.84. The number of carbonyl (C=O) groups excluding carboxylic acids is 2. The monoisotopic (exact) mass is 687 g/mol. The Kier molecular flexibility index (Phi) is 11.4. The van der Waals surface area contributed by atoms with Gasteiger partial charge in [-0.3, -0.25) is 13.9 Å². The maximum atomic E-state index is 14.8. The average molecular weight is 688 g/mol. The summed E-state index contributed by atoms with van der Waals surface area (Å²) in [5, 5.41) is 3.65. The zero-order chi connectivity index (χ0) is 34.3. The van der Waals surface area contributed by atoms with E-state index in [-0.39, 0.29) is 29.8 Å². The molecule has 1 aliphatic carbocycles. The molecule has 0 heterocycles. The van der Waals surface area contributed by atoms with Crippen molar-refractivity contribution >= 4 is 39.1 Å². The minimum absolute atomic E-state index is 0.0275. The Morgan fingerprint density at radius 3 is 2.25 bits per heavy atom. The molecule has 4 aromatic rings. The van der Waals surface area contributed by atoms with Crippen LogP contribution < -0.4 is 14.4 Å². The largest absolute Gasteiger partial charge is 0.497 e. The van der Waals surface area contributed by atoms with Gasteiger partial charge in [-0.25, -0.2) is 8.42 Å². The summed E-state index contributed by atoms with van der Waals surface area (Å²) in [4.78, 5) is 30.5. The predicted molar refractivity (Wildman–Crippen MR) is 190 cm³/mol. The van der Waals surface area contributed by atoms with E-state index in [4.69, 9.17) is 16.3 Å². The summed E-state index contributed by atoms with van der Waals surface area (Å²) in [6.45, 7) is 3.15. The van der Waals surface area contributed by atoms with Gasteiger partial charge in [-0.1, -0.05) is 84.6 Å². The van der Waals surface area contributed by atoms with Gasteiger partial charge in [0.1, 0.15) is 18.3 Å². The Balaban J connectivity index is 1.59. The molecular formula is C38H42ClN3O5S. The topological polar surface area (TPSA) is 96.0 Å². The van der Waals surface area contributed by atoms with Crippen LogP contribution in [0.2, 0.25) is 5.02 Å². The quantitative estimate of drug-likeness (QED) is 0.166. The third-order valence-corrected chi connectivity index (χ3v) is 10.8. The van der Waals surface area contributed by atoms with Crippen molar-refractivity contribution in [1.29, 1.82) is 0 Å². The van der Waals surface area contributed by atoms with Gasteiger partial charge in [0.15, 0.2) is 0 Å². The second-order valence-corrected chi connectivity index (χ2v) is 14.6. The minimum atomic E-state index is -4.22. The number of amides is 2. The number of aryl methyl sites for hydroxylation is 2. The number of nitrogens with one attached hydrogen (secondary N) is 1. The first-order valence-corrected chi connectivity index (χ1v) is 18.0. The number of halogens is 1. The van der Waals surface area contributed by atoms with E-state index >= 15 is 0 Å². The summed E-state index contributed by atoms with van der Waals surface area (Å²) in [6.07, 6.45) is 4.08. The molecule has 4 aromatic carbocycles. The number of benzene rings is 4. The smallest absolute Gasteiger partial charge is 0.264 e. The summed E-state index contributed by atoms with van der Waals surface area (Å²) < 4.78 is 35.2. The van der Waals surface area contributed by atoms with E-state index in [0.29, 0.717) is 22.0 Å². The van der Waals surface area contributed by atoms with Crippen molar-refractivity contribution in [2.75, 3.05) is 18.0 Å². The Labute approximate surface area is 288 Å². The number of hydrogen-bond acceptors (Lipinski definition) is 5. The van der Waals surface area contributed by atoms with Crippen LogP contribution in [0, 0.1) is 13.8 Å².